The van der Waals surface area contributed by atoms with Gasteiger partial charge < -0.3 is 4.57 Å². The maximum absolute atomic E-state index is 5.32. The van der Waals surface area contributed by atoms with Crippen LogP contribution in [-0.2, 0) is 5.41 Å². The van der Waals surface area contributed by atoms with E-state index in [0.717, 1.165) is 57.0 Å². The first kappa shape index (κ1) is 33.8. The van der Waals surface area contributed by atoms with Crippen LogP contribution in [0, 0.1) is 0 Å². The lowest BCUT2D eigenvalue weighted by Gasteiger charge is -2.25. The quantitative estimate of drug-likeness (QED) is 0.157. The predicted molar refractivity (Wildman–Crippen MR) is 230 cm³/mol. The van der Waals surface area contributed by atoms with Crippen molar-refractivity contribution < 1.29 is 0 Å². The minimum atomic E-state index is 0.0119. The standard InChI is InChI=1S/C50H41N5/c1-50(2,3)36-30-32-46-42(34-36)43-35-41(31-33-47(43)55(46)40-24-14-7-15-25-40)54(39-22-12-6-13-23-39)49-29-17-27-45(52-49)44-26-16-28-48(51-44)53(37-18-8-4-9-19-37)38-20-10-5-11-21-38/h4-35H,1-3H3. The molecule has 0 bridgehead atoms. The summed E-state index contributed by atoms with van der Waals surface area (Å²) in [6, 6.07) is 67.9. The molecule has 0 N–H and O–H groups in total. The van der Waals surface area contributed by atoms with Crippen molar-refractivity contribution in [1.29, 1.82) is 0 Å². The van der Waals surface area contributed by atoms with Crippen LogP contribution in [0.25, 0.3) is 38.9 Å². The Morgan fingerprint density at radius 2 is 0.836 bits per heavy atom. The highest BCUT2D eigenvalue weighted by Gasteiger charge is 2.21. The molecule has 0 amide bonds. The van der Waals surface area contributed by atoms with Crippen LogP contribution in [0.2, 0.25) is 0 Å². The molecule has 0 aliphatic carbocycles. The average molecular weight is 712 g/mol. The molecular weight excluding hydrogens is 671 g/mol. The fraction of sp³-hybridized carbons (Fsp3) is 0.0800. The SMILES string of the molecule is CC(C)(C)c1ccc2c(c1)c1cc(N(c3ccccc3)c3cccc(-c4cccc(N(c5ccccc5)c5ccccc5)n4)n3)ccc1n2-c1ccccc1. The molecule has 5 nitrogen and oxygen atoms in total. The van der Waals surface area contributed by atoms with Crippen LogP contribution < -0.4 is 9.80 Å². The third-order valence-corrected chi connectivity index (χ3v) is 10.1. The minimum absolute atomic E-state index is 0.0119. The Morgan fingerprint density at radius 3 is 1.33 bits per heavy atom. The Morgan fingerprint density at radius 1 is 0.400 bits per heavy atom. The smallest absolute Gasteiger partial charge is 0.138 e. The second kappa shape index (κ2) is 14.1. The summed E-state index contributed by atoms with van der Waals surface area (Å²) >= 11 is 0. The van der Waals surface area contributed by atoms with Gasteiger partial charge in [0.05, 0.1) is 22.4 Å². The largest absolute Gasteiger partial charge is 0.309 e. The third-order valence-electron chi connectivity index (χ3n) is 10.1. The fourth-order valence-corrected chi connectivity index (χ4v) is 7.41. The molecule has 0 saturated carbocycles. The van der Waals surface area contributed by atoms with E-state index in [1.807, 2.05) is 24.3 Å². The molecule has 9 aromatic rings. The average Bonchev–Trinajstić information content (AvgIpc) is 3.56. The number of fused-ring (bicyclic) bond motifs is 3. The van der Waals surface area contributed by atoms with Crippen LogP contribution in [-0.4, -0.2) is 14.5 Å². The van der Waals surface area contributed by atoms with Gasteiger partial charge in [-0.3, -0.25) is 9.80 Å². The van der Waals surface area contributed by atoms with Crippen LogP contribution in [0.1, 0.15) is 26.3 Å². The molecule has 0 aliphatic heterocycles. The van der Waals surface area contributed by atoms with Gasteiger partial charge in [0.25, 0.3) is 0 Å². The van der Waals surface area contributed by atoms with Crippen molar-refractivity contribution in [2.24, 2.45) is 0 Å². The maximum atomic E-state index is 5.32. The van der Waals surface area contributed by atoms with Crippen LogP contribution in [0.3, 0.4) is 0 Å². The fourth-order valence-electron chi connectivity index (χ4n) is 7.41. The van der Waals surface area contributed by atoms with E-state index in [9.17, 15) is 0 Å². The van der Waals surface area contributed by atoms with Gasteiger partial charge in [-0.1, -0.05) is 112 Å². The zero-order valence-corrected chi connectivity index (χ0v) is 31.2. The Balaban J connectivity index is 1.19. The third kappa shape index (κ3) is 6.51. The molecule has 3 heterocycles. The number of pyridine rings is 2. The molecule has 0 aliphatic rings. The van der Waals surface area contributed by atoms with Crippen LogP contribution in [0.15, 0.2) is 194 Å². The first-order valence-corrected chi connectivity index (χ1v) is 18.8. The van der Waals surface area contributed by atoms with Crippen molar-refractivity contribution in [3.63, 3.8) is 0 Å². The molecule has 6 aromatic carbocycles. The van der Waals surface area contributed by atoms with Crippen molar-refractivity contribution >= 4 is 56.2 Å². The normalized spacial score (nSPS) is 11.5. The minimum Gasteiger partial charge on any atom is -0.309 e. The summed E-state index contributed by atoms with van der Waals surface area (Å²) in [4.78, 5) is 15.0. The number of benzene rings is 6. The summed E-state index contributed by atoms with van der Waals surface area (Å²) in [5.41, 5.74) is 10.5. The molecule has 5 heteroatoms. The Kier molecular flexibility index (Phi) is 8.68. The number of hydrogen-bond acceptors (Lipinski definition) is 4. The second-order valence-corrected chi connectivity index (χ2v) is 14.8. The van der Waals surface area contributed by atoms with E-state index in [1.54, 1.807) is 0 Å². The van der Waals surface area contributed by atoms with E-state index in [4.69, 9.17) is 9.97 Å². The molecule has 266 valence electrons. The van der Waals surface area contributed by atoms with Gasteiger partial charge in [0, 0.05) is 39.2 Å². The number of anilines is 6. The van der Waals surface area contributed by atoms with Crippen molar-refractivity contribution in [2.45, 2.75) is 26.2 Å². The summed E-state index contributed by atoms with van der Waals surface area (Å²) in [5.74, 6) is 1.62. The zero-order chi connectivity index (χ0) is 37.4. The second-order valence-electron chi connectivity index (χ2n) is 14.8. The highest BCUT2D eigenvalue weighted by molar-refractivity contribution is 6.11. The number of rotatable bonds is 8. The van der Waals surface area contributed by atoms with E-state index in [1.165, 1.54) is 21.9 Å². The van der Waals surface area contributed by atoms with E-state index in [0.29, 0.717) is 0 Å². The first-order valence-electron chi connectivity index (χ1n) is 18.8. The van der Waals surface area contributed by atoms with Gasteiger partial charge in [-0.2, -0.15) is 0 Å². The van der Waals surface area contributed by atoms with Gasteiger partial charge in [0.2, 0.25) is 0 Å². The summed E-state index contributed by atoms with van der Waals surface area (Å²) in [7, 11) is 0. The van der Waals surface area contributed by atoms with Gasteiger partial charge in [-0.25, -0.2) is 9.97 Å². The van der Waals surface area contributed by atoms with Crippen molar-refractivity contribution in [3.05, 3.63) is 200 Å². The van der Waals surface area contributed by atoms with Crippen molar-refractivity contribution in [1.82, 2.24) is 14.5 Å². The van der Waals surface area contributed by atoms with E-state index in [-0.39, 0.29) is 5.41 Å². The van der Waals surface area contributed by atoms with E-state index >= 15 is 0 Å². The molecule has 0 fully saturated rings. The highest BCUT2D eigenvalue weighted by atomic mass is 15.2. The zero-order valence-electron chi connectivity index (χ0n) is 31.2. The van der Waals surface area contributed by atoms with Crippen LogP contribution in [0.5, 0.6) is 0 Å². The van der Waals surface area contributed by atoms with Crippen molar-refractivity contribution in [2.75, 3.05) is 9.80 Å². The molecular formula is C50H41N5. The topological polar surface area (TPSA) is 37.2 Å². The van der Waals surface area contributed by atoms with Gasteiger partial charge in [0.1, 0.15) is 11.6 Å². The van der Waals surface area contributed by atoms with Crippen LogP contribution >= 0.6 is 0 Å². The summed E-state index contributed by atoms with van der Waals surface area (Å²) < 4.78 is 2.37. The van der Waals surface area contributed by atoms with Gasteiger partial charge in [-0.05, 0) is 114 Å². The van der Waals surface area contributed by atoms with E-state index < -0.39 is 0 Å². The van der Waals surface area contributed by atoms with E-state index in [2.05, 4.69) is 205 Å². The van der Waals surface area contributed by atoms with Crippen LogP contribution in [0.4, 0.5) is 34.4 Å². The maximum Gasteiger partial charge on any atom is 0.138 e. The van der Waals surface area contributed by atoms with Crippen molar-refractivity contribution in [3.8, 4) is 17.1 Å². The van der Waals surface area contributed by atoms with Gasteiger partial charge in [0.15, 0.2) is 0 Å². The summed E-state index contributed by atoms with van der Waals surface area (Å²) in [5, 5.41) is 2.42. The molecule has 0 saturated heterocycles. The molecule has 0 atom stereocenters. The van der Waals surface area contributed by atoms with Gasteiger partial charge >= 0.3 is 0 Å². The summed E-state index contributed by atoms with van der Waals surface area (Å²) in [6.07, 6.45) is 0. The number of nitrogens with zero attached hydrogens (tertiary/aromatic N) is 5. The molecule has 9 rings (SSSR count). The Hall–Kier alpha value is -6.98. The highest BCUT2D eigenvalue weighted by Crippen LogP contribution is 2.41. The molecule has 55 heavy (non-hydrogen) atoms. The number of para-hydroxylation sites is 4. The molecule has 0 unspecified atom stereocenters. The first-order chi connectivity index (χ1) is 26.9. The number of hydrogen-bond donors (Lipinski definition) is 0. The lowest BCUT2D eigenvalue weighted by molar-refractivity contribution is 0.591. The lowest BCUT2D eigenvalue weighted by atomic mass is 9.86. The molecule has 0 radical (unpaired) electrons. The monoisotopic (exact) mass is 711 g/mol. The Bertz CT molecular complexity index is 2700. The predicted octanol–water partition coefficient (Wildman–Crippen LogP) is 13.5. The van der Waals surface area contributed by atoms with Gasteiger partial charge in [-0.15, -0.1) is 0 Å². The Labute approximate surface area is 322 Å². The summed E-state index contributed by atoms with van der Waals surface area (Å²) in [6.45, 7) is 6.82. The molecule has 0 spiro atoms. The molecule has 3 aromatic heterocycles. The lowest BCUT2D eigenvalue weighted by Crippen LogP contribution is -2.13. The number of aromatic nitrogens is 3.